The Labute approximate surface area is 181 Å². The van der Waals surface area contributed by atoms with Gasteiger partial charge in [0.2, 0.25) is 6.29 Å². The van der Waals surface area contributed by atoms with Crippen molar-refractivity contribution < 1.29 is 19.4 Å². The molecule has 1 aliphatic heterocycles. The van der Waals surface area contributed by atoms with Gasteiger partial charge >= 0.3 is 0 Å². The molecule has 0 bridgehead atoms. The summed E-state index contributed by atoms with van der Waals surface area (Å²) < 4.78 is 13.1. The van der Waals surface area contributed by atoms with Crippen molar-refractivity contribution in [2.75, 3.05) is 13.2 Å². The van der Waals surface area contributed by atoms with Gasteiger partial charge in [-0.15, -0.1) is 0 Å². The van der Waals surface area contributed by atoms with Crippen LogP contribution in [0.3, 0.4) is 0 Å². The molecule has 0 aromatic heterocycles. The minimum atomic E-state index is -0.491. The molecule has 6 heteroatoms. The van der Waals surface area contributed by atoms with Gasteiger partial charge in [0.15, 0.2) is 5.76 Å². The number of carbonyl (C=O) groups is 1. The van der Waals surface area contributed by atoms with E-state index in [-0.39, 0.29) is 30.4 Å². The lowest BCUT2D eigenvalue weighted by Gasteiger charge is -2.37. The minimum absolute atomic E-state index is 0.0122. The van der Waals surface area contributed by atoms with Gasteiger partial charge in [0.25, 0.3) is 5.91 Å². The minimum Gasteiger partial charge on any atom is -0.459 e. The van der Waals surface area contributed by atoms with Crippen LogP contribution in [0.2, 0.25) is 0 Å². The number of hydrogen-bond acceptors (Lipinski definition) is 4. The highest BCUT2D eigenvalue weighted by molar-refractivity contribution is 14.1. The summed E-state index contributed by atoms with van der Waals surface area (Å²) in [6, 6.07) is 8.61. The van der Waals surface area contributed by atoms with Gasteiger partial charge in [0.05, 0.1) is 0 Å². The zero-order valence-corrected chi connectivity index (χ0v) is 18.6. The van der Waals surface area contributed by atoms with E-state index in [1.165, 1.54) is 16.4 Å². The summed E-state index contributed by atoms with van der Waals surface area (Å²) >= 11 is 2.29. The van der Waals surface area contributed by atoms with Crippen LogP contribution in [0.15, 0.2) is 36.1 Å². The van der Waals surface area contributed by atoms with Gasteiger partial charge in [0, 0.05) is 34.7 Å². The molecule has 28 heavy (non-hydrogen) atoms. The van der Waals surface area contributed by atoms with Crippen molar-refractivity contribution in [3.05, 3.63) is 45.2 Å². The fraction of sp³-hybridized carbons (Fsp3) is 0.591. The van der Waals surface area contributed by atoms with Gasteiger partial charge < -0.3 is 19.9 Å². The first-order chi connectivity index (χ1) is 13.6. The maximum atomic E-state index is 12.9. The van der Waals surface area contributed by atoms with E-state index in [1.807, 2.05) is 13.0 Å². The van der Waals surface area contributed by atoms with E-state index in [9.17, 15) is 9.90 Å². The Morgan fingerprint density at radius 2 is 2.00 bits per heavy atom. The summed E-state index contributed by atoms with van der Waals surface area (Å²) in [7, 11) is 0. The van der Waals surface area contributed by atoms with E-state index in [0.29, 0.717) is 18.8 Å². The topological polar surface area (TPSA) is 67.8 Å². The predicted molar refractivity (Wildman–Crippen MR) is 117 cm³/mol. The molecule has 5 nitrogen and oxygen atoms in total. The maximum absolute atomic E-state index is 12.9. The lowest BCUT2D eigenvalue weighted by molar-refractivity contribution is -0.166. The van der Waals surface area contributed by atoms with E-state index >= 15 is 0 Å². The second kappa shape index (κ2) is 10.6. The normalized spacial score (nSPS) is 25.2. The first-order valence-electron chi connectivity index (χ1n) is 10.3. The monoisotopic (exact) mass is 499 g/mol. The number of nitrogens with one attached hydrogen (secondary N) is 1. The number of amides is 1. The second-order valence-electron chi connectivity index (χ2n) is 7.53. The average Bonchev–Trinajstić information content (AvgIpc) is 3.20. The van der Waals surface area contributed by atoms with Crippen molar-refractivity contribution in [2.45, 2.75) is 63.7 Å². The van der Waals surface area contributed by atoms with Crippen LogP contribution < -0.4 is 5.32 Å². The van der Waals surface area contributed by atoms with Crippen molar-refractivity contribution in [1.29, 1.82) is 0 Å². The summed E-state index contributed by atoms with van der Waals surface area (Å²) in [6.45, 7) is 2.58. The summed E-state index contributed by atoms with van der Waals surface area (Å²) in [4.78, 5) is 12.9. The third-order valence-electron chi connectivity index (χ3n) is 5.58. The number of carbonyl (C=O) groups excluding carboxylic acids is 1. The van der Waals surface area contributed by atoms with Crippen molar-refractivity contribution in [1.82, 2.24) is 5.32 Å². The largest absolute Gasteiger partial charge is 0.459 e. The van der Waals surface area contributed by atoms with Gasteiger partial charge in [-0.05, 0) is 79.0 Å². The molecule has 2 aliphatic rings. The van der Waals surface area contributed by atoms with Gasteiger partial charge in [-0.3, -0.25) is 4.79 Å². The molecule has 1 amide bonds. The lowest BCUT2D eigenvalue weighted by Crippen LogP contribution is -2.41. The van der Waals surface area contributed by atoms with Crippen molar-refractivity contribution in [3.8, 4) is 0 Å². The fourth-order valence-electron chi connectivity index (χ4n) is 4.16. The first-order valence-corrected chi connectivity index (χ1v) is 11.4. The van der Waals surface area contributed by atoms with E-state index in [4.69, 9.17) is 9.47 Å². The number of halogens is 1. The summed E-state index contributed by atoms with van der Waals surface area (Å²) in [5.41, 5.74) is 1.14. The van der Waals surface area contributed by atoms with Crippen LogP contribution in [-0.4, -0.2) is 36.6 Å². The molecule has 154 valence electrons. The molecule has 1 aromatic rings. The molecule has 1 aliphatic carbocycles. The van der Waals surface area contributed by atoms with E-state index in [1.54, 1.807) is 0 Å². The molecule has 0 saturated heterocycles. The number of rotatable bonds is 8. The first kappa shape index (κ1) is 21.6. The molecule has 0 radical (unpaired) electrons. The van der Waals surface area contributed by atoms with Crippen LogP contribution in [0.1, 0.15) is 56.9 Å². The molecule has 2 N–H and O–H groups in total. The molecular formula is C22H30INO4. The summed E-state index contributed by atoms with van der Waals surface area (Å²) in [6.07, 6.45) is 7.31. The third-order valence-corrected chi connectivity index (χ3v) is 6.30. The van der Waals surface area contributed by atoms with Crippen LogP contribution in [0.5, 0.6) is 0 Å². The molecule has 0 unspecified atom stereocenters. The third kappa shape index (κ3) is 5.48. The van der Waals surface area contributed by atoms with E-state index < -0.39 is 6.29 Å². The quantitative estimate of drug-likeness (QED) is 0.529. The van der Waals surface area contributed by atoms with Gasteiger partial charge in [-0.2, -0.15) is 0 Å². The molecular weight excluding hydrogens is 469 g/mol. The van der Waals surface area contributed by atoms with Crippen LogP contribution in [0.25, 0.3) is 0 Å². The molecule has 1 saturated carbocycles. The fourth-order valence-corrected chi connectivity index (χ4v) is 4.52. The molecule has 1 aromatic carbocycles. The predicted octanol–water partition coefficient (Wildman–Crippen LogP) is 4.10. The molecule has 1 heterocycles. The zero-order valence-electron chi connectivity index (χ0n) is 16.4. The van der Waals surface area contributed by atoms with E-state index in [0.717, 1.165) is 24.8 Å². The molecule has 0 spiro atoms. The highest BCUT2D eigenvalue weighted by Crippen LogP contribution is 2.39. The number of ether oxygens (including phenoxy) is 2. The van der Waals surface area contributed by atoms with Crippen LogP contribution in [-0.2, 0) is 14.3 Å². The highest BCUT2D eigenvalue weighted by atomic mass is 127. The Morgan fingerprint density at radius 1 is 1.29 bits per heavy atom. The van der Waals surface area contributed by atoms with Crippen LogP contribution >= 0.6 is 22.6 Å². The van der Waals surface area contributed by atoms with Gasteiger partial charge in [0.1, 0.15) is 0 Å². The SMILES string of the molecule is CCO[C@H]1OC(C(=O)NC2CCCC2)=C[C@@H](c2ccc(I)cc2)[C@@H]1CCCO. The molecule has 3 rings (SSSR count). The number of aliphatic hydroxyl groups is 1. The highest BCUT2D eigenvalue weighted by Gasteiger charge is 2.38. The van der Waals surface area contributed by atoms with Crippen LogP contribution in [0.4, 0.5) is 0 Å². The van der Waals surface area contributed by atoms with Crippen molar-refractivity contribution >= 4 is 28.5 Å². The van der Waals surface area contributed by atoms with Crippen LogP contribution in [0, 0.1) is 9.49 Å². The van der Waals surface area contributed by atoms with Crippen molar-refractivity contribution in [2.24, 2.45) is 5.92 Å². The van der Waals surface area contributed by atoms with Gasteiger partial charge in [-0.25, -0.2) is 0 Å². The van der Waals surface area contributed by atoms with Crippen molar-refractivity contribution in [3.63, 3.8) is 0 Å². The summed E-state index contributed by atoms with van der Waals surface area (Å²) in [5, 5.41) is 12.5. The smallest absolute Gasteiger partial charge is 0.286 e. The Kier molecular flexibility index (Phi) is 8.17. The zero-order chi connectivity index (χ0) is 19.9. The Bertz CT molecular complexity index is 670. The van der Waals surface area contributed by atoms with E-state index in [2.05, 4.69) is 52.2 Å². The number of allylic oxidation sites excluding steroid dienone is 1. The molecule has 1 fully saturated rings. The standard InChI is InChI=1S/C22H30INO4/c1-2-27-22-18(8-5-13-25)19(15-9-11-16(23)12-10-15)14-20(28-22)21(26)24-17-6-3-4-7-17/h9-12,14,17-19,22,25H,2-8,13H2,1H3,(H,24,26)/t18-,19-,22-/m0/s1. The summed E-state index contributed by atoms with van der Waals surface area (Å²) in [5.74, 6) is 0.273. The lowest BCUT2D eigenvalue weighted by atomic mass is 9.80. The Morgan fingerprint density at radius 3 is 2.64 bits per heavy atom. The Hall–Kier alpha value is -1.12. The number of benzene rings is 1. The van der Waals surface area contributed by atoms with Gasteiger partial charge in [-0.1, -0.05) is 25.0 Å². The second-order valence-corrected chi connectivity index (χ2v) is 8.78. The molecule has 3 atom stereocenters. The Balaban J connectivity index is 1.87. The average molecular weight is 499 g/mol. The maximum Gasteiger partial charge on any atom is 0.286 e. The number of aliphatic hydroxyl groups excluding tert-OH is 1. The number of hydrogen-bond donors (Lipinski definition) is 2.